The van der Waals surface area contributed by atoms with Gasteiger partial charge in [-0.25, -0.2) is 0 Å². The van der Waals surface area contributed by atoms with Crippen molar-refractivity contribution in [3.05, 3.63) is 79.8 Å². The van der Waals surface area contributed by atoms with Crippen molar-refractivity contribution < 1.29 is 30.5 Å². The van der Waals surface area contributed by atoms with Crippen molar-refractivity contribution in [3.8, 4) is 0 Å². The third kappa shape index (κ3) is 8.67. The number of hydrogen-bond donors (Lipinski definition) is 2. The van der Waals surface area contributed by atoms with Gasteiger partial charge >= 0.3 is 0 Å². The van der Waals surface area contributed by atoms with Crippen LogP contribution in [0.25, 0.3) is 16.3 Å². The Morgan fingerprint density at radius 3 is 2.36 bits per heavy atom. The van der Waals surface area contributed by atoms with Crippen LogP contribution in [0.4, 0.5) is 5.69 Å². The van der Waals surface area contributed by atoms with Crippen molar-refractivity contribution in [2.45, 2.75) is 51.0 Å². The first kappa shape index (κ1) is 33.5. The molecule has 2 aromatic carbocycles. The summed E-state index contributed by atoms with van der Waals surface area (Å²) in [4.78, 5) is 3.08. The zero-order valence-corrected chi connectivity index (χ0v) is 28.9. The molecule has 2 heterocycles. The molecule has 0 spiro atoms. The fourth-order valence-corrected chi connectivity index (χ4v) is 9.26. The molecule has 0 amide bonds. The molecule has 0 unspecified atom stereocenters. The van der Waals surface area contributed by atoms with Crippen LogP contribution in [0.5, 0.6) is 0 Å². The van der Waals surface area contributed by atoms with E-state index in [9.17, 15) is 25.9 Å². The lowest BCUT2D eigenvalue weighted by atomic mass is 9.75. The molecule has 8 nitrogen and oxygen atoms in total. The Bertz CT molecular complexity index is 1910. The fourth-order valence-electron chi connectivity index (χ4n) is 5.65. The van der Waals surface area contributed by atoms with Crippen LogP contribution in [-0.4, -0.2) is 44.0 Å². The maximum absolute atomic E-state index is 11.4. The van der Waals surface area contributed by atoms with Gasteiger partial charge in [0.2, 0.25) is 5.52 Å². The lowest BCUT2D eigenvalue weighted by Gasteiger charge is -2.31. The molecule has 3 aromatic rings. The number of anilines is 1. The molecule has 1 aliphatic carbocycles. The largest absolute Gasteiger partial charge is 0.335 e. The van der Waals surface area contributed by atoms with E-state index in [1.807, 2.05) is 36.4 Å². The second-order valence-corrected chi connectivity index (χ2v) is 17.9. The molecule has 5 rings (SSSR count). The summed E-state index contributed by atoms with van der Waals surface area (Å²) in [5, 5.41) is 3.08. The van der Waals surface area contributed by atoms with Gasteiger partial charge in [-0.3, -0.25) is 9.11 Å². The van der Waals surface area contributed by atoms with Gasteiger partial charge < -0.3 is 4.90 Å². The molecule has 2 aliphatic rings. The Morgan fingerprint density at radius 1 is 0.955 bits per heavy atom. The molecule has 1 aromatic heterocycles. The fraction of sp³-hybridized carbons (Fsp3) is 0.367. The van der Waals surface area contributed by atoms with Crippen LogP contribution in [0, 0.1) is 5.41 Å². The number of aromatic nitrogens is 1. The minimum absolute atomic E-state index is 0.0437. The molecule has 2 N–H and O–H groups in total. The van der Waals surface area contributed by atoms with E-state index in [1.54, 1.807) is 23.1 Å². The molecule has 0 bridgehead atoms. The summed E-state index contributed by atoms with van der Waals surface area (Å²) in [6.45, 7) is 5.24. The number of benzene rings is 2. The average molecular weight is 717 g/mol. The van der Waals surface area contributed by atoms with Crippen LogP contribution in [0.2, 0.25) is 10.0 Å². The van der Waals surface area contributed by atoms with Crippen molar-refractivity contribution in [2.75, 3.05) is 23.0 Å². The second-order valence-electron chi connectivity index (χ2n) is 11.8. The third-order valence-electron chi connectivity index (χ3n) is 7.31. The molecule has 0 fully saturated rings. The summed E-state index contributed by atoms with van der Waals surface area (Å²) in [6, 6.07) is 11.3. The highest BCUT2D eigenvalue weighted by Crippen LogP contribution is 2.49. The van der Waals surface area contributed by atoms with Crippen LogP contribution in [0.1, 0.15) is 44.5 Å². The lowest BCUT2D eigenvalue weighted by Crippen LogP contribution is -2.36. The van der Waals surface area contributed by atoms with Crippen LogP contribution >= 0.6 is 46.3 Å². The number of nitrogens with zero attached hydrogens (tertiary/aromatic N) is 2. The minimum atomic E-state index is -4.08. The average Bonchev–Trinajstić information content (AvgIpc) is 3.38. The van der Waals surface area contributed by atoms with E-state index in [0.29, 0.717) is 23.1 Å². The number of thiazole rings is 1. The summed E-state index contributed by atoms with van der Waals surface area (Å²) in [5.41, 5.74) is 4.01. The number of fused-ring (bicyclic) bond motifs is 2. The van der Waals surface area contributed by atoms with Crippen LogP contribution in [-0.2, 0) is 26.8 Å². The van der Waals surface area contributed by atoms with Crippen molar-refractivity contribution in [1.29, 1.82) is 0 Å². The number of rotatable bonds is 10. The maximum Gasteiger partial charge on any atom is 0.265 e. The van der Waals surface area contributed by atoms with Gasteiger partial charge in [0.25, 0.3) is 25.2 Å². The van der Waals surface area contributed by atoms with E-state index in [4.69, 9.17) is 23.2 Å². The Hall–Kier alpha value is -1.90. The molecule has 44 heavy (non-hydrogen) atoms. The van der Waals surface area contributed by atoms with Crippen LogP contribution in [0.15, 0.2) is 69.6 Å². The van der Waals surface area contributed by atoms with Gasteiger partial charge in [0, 0.05) is 40.0 Å². The Labute approximate surface area is 276 Å². The van der Waals surface area contributed by atoms with E-state index < -0.39 is 20.2 Å². The predicted molar refractivity (Wildman–Crippen MR) is 181 cm³/mol. The van der Waals surface area contributed by atoms with Gasteiger partial charge in [0.15, 0.2) is 6.54 Å². The molecule has 0 saturated carbocycles. The third-order valence-corrected chi connectivity index (χ3v) is 11.6. The molecule has 0 atom stereocenters. The highest BCUT2D eigenvalue weighted by molar-refractivity contribution is 8.03. The van der Waals surface area contributed by atoms with E-state index in [1.165, 1.54) is 0 Å². The van der Waals surface area contributed by atoms with Crippen molar-refractivity contribution >= 4 is 88.5 Å². The Kier molecular flexibility index (Phi) is 9.94. The Morgan fingerprint density at radius 2 is 1.64 bits per heavy atom. The van der Waals surface area contributed by atoms with Gasteiger partial charge in [-0.05, 0) is 72.2 Å². The molecular weight excluding hydrogens is 684 g/mol. The number of hydrogen-bond acceptors (Lipinski definition) is 7. The quantitative estimate of drug-likeness (QED) is 0.163. The summed E-state index contributed by atoms with van der Waals surface area (Å²) in [7, 11) is -8.15. The highest BCUT2D eigenvalue weighted by atomic mass is 35.5. The first-order valence-corrected chi connectivity index (χ1v) is 19.6. The summed E-state index contributed by atoms with van der Waals surface area (Å²) >= 11 is 15.8. The summed E-state index contributed by atoms with van der Waals surface area (Å²) < 4.78 is 67.2. The van der Waals surface area contributed by atoms with Crippen LogP contribution < -0.4 is 9.47 Å². The summed E-state index contributed by atoms with van der Waals surface area (Å²) in [6.07, 6.45) is 8.65. The monoisotopic (exact) mass is 715 g/mol. The molecule has 0 saturated heterocycles. The number of aryl methyl sites for hydroxylation is 1. The van der Waals surface area contributed by atoms with Crippen molar-refractivity contribution in [1.82, 2.24) is 0 Å². The topological polar surface area (TPSA) is 116 Å². The van der Waals surface area contributed by atoms with E-state index >= 15 is 0 Å². The van der Waals surface area contributed by atoms with Gasteiger partial charge in [-0.15, -0.1) is 0 Å². The smallest absolute Gasteiger partial charge is 0.265 e. The number of halogens is 2. The molecule has 0 radical (unpaired) electrons. The van der Waals surface area contributed by atoms with Crippen LogP contribution in [0.3, 0.4) is 0 Å². The molecule has 14 heteroatoms. The molecule has 1 aliphatic heterocycles. The summed E-state index contributed by atoms with van der Waals surface area (Å²) in [5.74, 6) is -0.658. The predicted octanol–water partition coefficient (Wildman–Crippen LogP) is 7.63. The van der Waals surface area contributed by atoms with E-state index in [2.05, 4.69) is 41.5 Å². The Balaban J connectivity index is 1.51. The van der Waals surface area contributed by atoms with Crippen molar-refractivity contribution in [3.63, 3.8) is 0 Å². The van der Waals surface area contributed by atoms with Crippen molar-refractivity contribution in [2.24, 2.45) is 5.41 Å². The molecule has 236 valence electrons. The number of thioether (sulfide) groups is 1. The number of allylic oxidation sites excluding steroid dienone is 4. The standard InChI is InChI=1S/C30H32Cl2N2O6S4/c1-30(2)18-20(14-28-33(9-3-11-43(35,36)37)24-16-22(31)5-7-26(24)41-28)13-21(19-30)15-29-34(10-4-12-44(38,39)40)25-17-23(32)6-8-27(25)42-29/h5-8,13-17H,3-4,9-12,18-19H2,1-2H3,(H-,35,36,37,38,39,40)/p+1. The first-order chi connectivity index (χ1) is 20.6. The lowest BCUT2D eigenvalue weighted by molar-refractivity contribution is -0.668. The van der Waals surface area contributed by atoms with E-state index in [-0.39, 0.29) is 29.8 Å². The van der Waals surface area contributed by atoms with Gasteiger partial charge in [0.1, 0.15) is 4.70 Å². The highest BCUT2D eigenvalue weighted by Gasteiger charge is 2.30. The zero-order chi connectivity index (χ0) is 31.9. The second kappa shape index (κ2) is 13.1. The minimum Gasteiger partial charge on any atom is -0.335 e. The zero-order valence-electron chi connectivity index (χ0n) is 24.2. The first-order valence-electron chi connectivity index (χ1n) is 14.0. The van der Waals surface area contributed by atoms with Gasteiger partial charge in [-0.2, -0.15) is 21.4 Å². The van der Waals surface area contributed by atoms with E-state index in [0.717, 1.165) is 54.8 Å². The van der Waals surface area contributed by atoms with Gasteiger partial charge in [-0.1, -0.05) is 66.2 Å². The van der Waals surface area contributed by atoms with Gasteiger partial charge in [0.05, 0.1) is 22.2 Å². The molecular formula is C30H33Cl2N2O6S4+. The maximum atomic E-state index is 11.4. The SMILES string of the molecule is CC1(C)CC(/C=C2\Sc3ccc(Cl)cc3N2CCCS(=O)(=O)O)=CC(=C/c2sc3ccc(Cl)cc3[n+]2CCCS(=O)(=O)O)/C1. The normalized spacial score (nSPS) is 18.8.